The molecule has 3 aromatic rings. The minimum atomic E-state index is -3.89. The van der Waals surface area contributed by atoms with Gasteiger partial charge in [-0.15, -0.1) is 0 Å². The fourth-order valence-corrected chi connectivity index (χ4v) is 3.66. The van der Waals surface area contributed by atoms with Crippen LogP contribution in [0, 0.1) is 11.6 Å². The van der Waals surface area contributed by atoms with E-state index in [1.54, 1.807) is 12.1 Å². The Kier molecular flexibility index (Phi) is 5.06. The van der Waals surface area contributed by atoms with Gasteiger partial charge in [0.1, 0.15) is 22.3 Å². The molecule has 0 radical (unpaired) electrons. The Morgan fingerprint density at radius 1 is 1.00 bits per heavy atom. The number of hydrogen-bond acceptors (Lipinski definition) is 4. The van der Waals surface area contributed by atoms with E-state index >= 15 is 0 Å². The van der Waals surface area contributed by atoms with Crippen LogP contribution in [-0.4, -0.2) is 13.4 Å². The Balaban J connectivity index is 1.76. The summed E-state index contributed by atoms with van der Waals surface area (Å²) >= 11 is 5.90. The Morgan fingerprint density at radius 3 is 2.42 bits per heavy atom. The van der Waals surface area contributed by atoms with Gasteiger partial charge in [-0.25, -0.2) is 22.2 Å². The number of aromatic nitrogens is 1. The SMILES string of the molecule is O=S(=O)(Nc1ccc(Nc2ccc(F)cc2F)cn1)c1ccccc1Cl. The first-order chi connectivity index (χ1) is 12.3. The Hall–Kier alpha value is -2.71. The smallest absolute Gasteiger partial charge is 0.264 e. The van der Waals surface area contributed by atoms with Crippen molar-refractivity contribution in [3.05, 3.63) is 77.5 Å². The highest BCUT2D eigenvalue weighted by molar-refractivity contribution is 7.92. The van der Waals surface area contributed by atoms with Crippen molar-refractivity contribution >= 4 is 38.8 Å². The van der Waals surface area contributed by atoms with Crippen molar-refractivity contribution in [2.75, 3.05) is 10.0 Å². The lowest BCUT2D eigenvalue weighted by Gasteiger charge is -2.10. The van der Waals surface area contributed by atoms with E-state index in [0.29, 0.717) is 5.69 Å². The molecule has 9 heteroatoms. The van der Waals surface area contributed by atoms with Crippen LogP contribution in [0.3, 0.4) is 0 Å². The summed E-state index contributed by atoms with van der Waals surface area (Å²) in [6.45, 7) is 0. The van der Waals surface area contributed by atoms with Crippen LogP contribution in [0.25, 0.3) is 0 Å². The first-order valence-corrected chi connectivity index (χ1v) is 9.17. The summed E-state index contributed by atoms with van der Waals surface area (Å²) in [6.07, 6.45) is 1.31. The third-order valence-electron chi connectivity index (χ3n) is 3.34. The Morgan fingerprint density at radius 2 is 1.77 bits per heavy atom. The zero-order chi connectivity index (χ0) is 18.7. The van der Waals surface area contributed by atoms with E-state index in [1.165, 1.54) is 36.5 Å². The highest BCUT2D eigenvalue weighted by Crippen LogP contribution is 2.24. The van der Waals surface area contributed by atoms with Crippen molar-refractivity contribution in [3.63, 3.8) is 0 Å². The second-order valence-corrected chi connectivity index (χ2v) is 7.28. The van der Waals surface area contributed by atoms with Crippen LogP contribution in [0.1, 0.15) is 0 Å². The van der Waals surface area contributed by atoms with E-state index in [-0.39, 0.29) is 21.4 Å². The first-order valence-electron chi connectivity index (χ1n) is 7.31. The molecule has 0 atom stereocenters. The van der Waals surface area contributed by atoms with Gasteiger partial charge in [0.25, 0.3) is 10.0 Å². The number of rotatable bonds is 5. The molecular weight excluding hydrogens is 384 g/mol. The fourth-order valence-electron chi connectivity index (χ4n) is 2.13. The highest BCUT2D eigenvalue weighted by Gasteiger charge is 2.18. The van der Waals surface area contributed by atoms with Crippen molar-refractivity contribution in [2.45, 2.75) is 4.90 Å². The molecule has 0 saturated carbocycles. The summed E-state index contributed by atoms with van der Waals surface area (Å²) in [4.78, 5) is 3.90. The predicted octanol–water partition coefficient (Wildman–Crippen LogP) is 4.56. The van der Waals surface area contributed by atoms with Gasteiger partial charge in [-0.1, -0.05) is 23.7 Å². The number of benzene rings is 2. The molecule has 0 aliphatic heterocycles. The van der Waals surface area contributed by atoms with Crippen LogP contribution in [0.4, 0.5) is 26.0 Å². The van der Waals surface area contributed by atoms with Gasteiger partial charge in [0.2, 0.25) is 0 Å². The molecule has 1 heterocycles. The second kappa shape index (κ2) is 7.27. The van der Waals surface area contributed by atoms with Crippen LogP contribution in [0.2, 0.25) is 5.02 Å². The Labute approximate surface area is 153 Å². The van der Waals surface area contributed by atoms with Crippen molar-refractivity contribution < 1.29 is 17.2 Å². The molecule has 0 bridgehead atoms. The third-order valence-corrected chi connectivity index (χ3v) is 5.19. The quantitative estimate of drug-likeness (QED) is 0.664. The number of halogens is 3. The monoisotopic (exact) mass is 395 g/mol. The third kappa shape index (κ3) is 4.09. The Bertz CT molecular complexity index is 1040. The molecule has 1 aromatic heterocycles. The van der Waals surface area contributed by atoms with Crippen LogP contribution in [0.15, 0.2) is 65.7 Å². The first kappa shape index (κ1) is 18.1. The van der Waals surface area contributed by atoms with Crippen molar-refractivity contribution in [1.29, 1.82) is 0 Å². The number of nitrogens with zero attached hydrogens (tertiary/aromatic N) is 1. The highest BCUT2D eigenvalue weighted by atomic mass is 35.5. The van der Waals surface area contributed by atoms with Crippen LogP contribution in [0.5, 0.6) is 0 Å². The number of hydrogen-bond donors (Lipinski definition) is 2. The molecule has 134 valence electrons. The summed E-state index contributed by atoms with van der Waals surface area (Å²) in [5, 5.41) is 2.82. The predicted molar refractivity (Wildman–Crippen MR) is 96.1 cm³/mol. The average molecular weight is 396 g/mol. The molecule has 0 saturated heterocycles. The van der Waals surface area contributed by atoms with Gasteiger partial charge in [0.05, 0.1) is 22.6 Å². The lowest BCUT2D eigenvalue weighted by Crippen LogP contribution is -2.14. The number of anilines is 3. The summed E-state index contributed by atoms with van der Waals surface area (Å²) in [6, 6.07) is 12.0. The van der Waals surface area contributed by atoms with Gasteiger partial charge in [0, 0.05) is 6.07 Å². The van der Waals surface area contributed by atoms with Crippen LogP contribution in [-0.2, 0) is 10.0 Å². The van der Waals surface area contributed by atoms with E-state index in [9.17, 15) is 17.2 Å². The molecule has 26 heavy (non-hydrogen) atoms. The molecule has 2 N–H and O–H groups in total. The largest absolute Gasteiger partial charge is 0.352 e. The number of nitrogens with one attached hydrogen (secondary N) is 2. The van der Waals surface area contributed by atoms with Crippen molar-refractivity contribution in [1.82, 2.24) is 4.98 Å². The maximum Gasteiger partial charge on any atom is 0.264 e. The van der Waals surface area contributed by atoms with E-state index in [1.807, 2.05) is 0 Å². The number of pyridine rings is 1. The van der Waals surface area contributed by atoms with E-state index in [0.717, 1.165) is 12.1 Å². The molecule has 0 unspecified atom stereocenters. The minimum Gasteiger partial charge on any atom is -0.352 e. The van der Waals surface area contributed by atoms with Gasteiger partial charge in [-0.2, -0.15) is 0 Å². The fraction of sp³-hybridized carbons (Fsp3) is 0. The summed E-state index contributed by atoms with van der Waals surface area (Å²) in [5.41, 5.74) is 0.466. The van der Waals surface area contributed by atoms with E-state index in [4.69, 9.17) is 11.6 Å². The van der Waals surface area contributed by atoms with E-state index < -0.39 is 21.7 Å². The van der Waals surface area contributed by atoms with Gasteiger partial charge in [-0.05, 0) is 36.4 Å². The zero-order valence-corrected chi connectivity index (χ0v) is 14.7. The number of sulfonamides is 1. The van der Waals surface area contributed by atoms with Gasteiger partial charge < -0.3 is 5.32 Å². The van der Waals surface area contributed by atoms with Gasteiger partial charge >= 0.3 is 0 Å². The average Bonchev–Trinajstić information content (AvgIpc) is 2.59. The summed E-state index contributed by atoms with van der Waals surface area (Å²) in [7, 11) is -3.89. The maximum atomic E-state index is 13.6. The van der Waals surface area contributed by atoms with Gasteiger partial charge in [-0.3, -0.25) is 4.72 Å². The lowest BCUT2D eigenvalue weighted by atomic mass is 10.3. The van der Waals surface area contributed by atoms with Crippen LogP contribution < -0.4 is 10.0 Å². The summed E-state index contributed by atoms with van der Waals surface area (Å²) < 4.78 is 53.5. The molecule has 0 amide bonds. The topological polar surface area (TPSA) is 71.1 Å². The maximum absolute atomic E-state index is 13.6. The molecule has 0 spiro atoms. The molecule has 2 aromatic carbocycles. The van der Waals surface area contributed by atoms with Crippen molar-refractivity contribution in [3.8, 4) is 0 Å². The minimum absolute atomic E-state index is 0.0649. The van der Waals surface area contributed by atoms with Crippen LogP contribution >= 0.6 is 11.6 Å². The van der Waals surface area contributed by atoms with Gasteiger partial charge in [0.15, 0.2) is 0 Å². The standard InChI is InChI=1S/C17H12ClF2N3O2S/c18-13-3-1-2-4-16(13)26(24,25)23-17-8-6-12(10-21-17)22-15-7-5-11(19)9-14(15)20/h1-10,22H,(H,21,23). The summed E-state index contributed by atoms with van der Waals surface area (Å²) in [5.74, 6) is -1.38. The molecule has 0 aliphatic rings. The molecule has 0 fully saturated rings. The molecule has 0 aliphatic carbocycles. The molecule has 3 rings (SSSR count). The van der Waals surface area contributed by atoms with Crippen molar-refractivity contribution in [2.24, 2.45) is 0 Å². The normalized spacial score (nSPS) is 11.2. The lowest BCUT2D eigenvalue weighted by molar-refractivity contribution is 0.586. The molecule has 5 nitrogen and oxygen atoms in total. The second-order valence-electron chi connectivity index (χ2n) is 5.22. The zero-order valence-electron chi connectivity index (χ0n) is 13.1. The molecular formula is C17H12ClF2N3O2S. The van der Waals surface area contributed by atoms with E-state index in [2.05, 4.69) is 15.0 Å².